The molecule has 2 aliphatic heterocycles. The Morgan fingerprint density at radius 3 is 1.58 bits per heavy atom. The topological polar surface area (TPSA) is 35.4 Å². The molecule has 4 nitrogen and oxygen atoms in total. The molecule has 4 heterocycles. The highest BCUT2D eigenvalue weighted by Crippen LogP contribution is 2.45. The number of aromatic amines is 1. The maximum Gasteiger partial charge on any atom is 0.252 e. The van der Waals surface area contributed by atoms with E-state index in [1.54, 1.807) is 0 Å². The van der Waals surface area contributed by atoms with E-state index in [2.05, 4.69) is 203 Å². The Hall–Kier alpha value is -7.76. The van der Waals surface area contributed by atoms with Crippen LogP contribution in [0.2, 0.25) is 0 Å². The van der Waals surface area contributed by atoms with Crippen molar-refractivity contribution < 1.29 is 4.42 Å². The lowest BCUT2D eigenvalue weighted by atomic mass is 9.33. The van der Waals surface area contributed by atoms with Crippen LogP contribution in [0.25, 0.3) is 66.0 Å². The average Bonchev–Trinajstić information content (AvgIpc) is 3.87. The molecule has 9 aromatic carbocycles. The van der Waals surface area contributed by atoms with Gasteiger partial charge in [0, 0.05) is 66.7 Å². The van der Waals surface area contributed by atoms with Gasteiger partial charge in [0.15, 0.2) is 0 Å². The maximum atomic E-state index is 6.19. The number of hydrogen-bond acceptors (Lipinski definition) is 3. The first-order valence-corrected chi connectivity index (χ1v) is 20.3. The summed E-state index contributed by atoms with van der Waals surface area (Å²) in [7, 11) is 0. The third-order valence-electron chi connectivity index (χ3n) is 12.6. The molecular weight excluding hydrogens is 717 g/mol. The number of para-hydroxylation sites is 4. The van der Waals surface area contributed by atoms with Crippen molar-refractivity contribution >= 4 is 101 Å². The van der Waals surface area contributed by atoms with Crippen molar-refractivity contribution in [3.05, 3.63) is 200 Å². The summed E-state index contributed by atoms with van der Waals surface area (Å²) in [5.41, 5.74) is 19.8. The number of anilines is 6. The predicted octanol–water partition coefficient (Wildman–Crippen LogP) is 12.6. The van der Waals surface area contributed by atoms with E-state index >= 15 is 0 Å². The fourth-order valence-electron chi connectivity index (χ4n) is 9.97. The van der Waals surface area contributed by atoms with Crippen molar-refractivity contribution in [1.82, 2.24) is 4.98 Å². The smallest absolute Gasteiger partial charge is 0.252 e. The molecule has 274 valence electrons. The van der Waals surface area contributed by atoms with Gasteiger partial charge in [0.05, 0.1) is 0 Å². The Kier molecular flexibility index (Phi) is 6.78. The Labute approximate surface area is 341 Å². The fourth-order valence-corrected chi connectivity index (χ4v) is 9.97. The second kappa shape index (κ2) is 12.4. The zero-order chi connectivity index (χ0) is 38.6. The van der Waals surface area contributed by atoms with E-state index in [-0.39, 0.29) is 6.71 Å². The predicted molar refractivity (Wildman–Crippen MR) is 248 cm³/mol. The molecule has 0 unspecified atom stereocenters. The van der Waals surface area contributed by atoms with E-state index in [0.29, 0.717) is 0 Å². The first-order valence-electron chi connectivity index (χ1n) is 20.3. The second-order valence-electron chi connectivity index (χ2n) is 15.8. The van der Waals surface area contributed by atoms with Gasteiger partial charge in [-0.3, -0.25) is 0 Å². The van der Waals surface area contributed by atoms with E-state index in [1.165, 1.54) is 61.0 Å². The van der Waals surface area contributed by atoms with Crippen molar-refractivity contribution in [1.29, 1.82) is 0 Å². The number of furan rings is 1. The molecule has 0 bridgehead atoms. The van der Waals surface area contributed by atoms with Crippen LogP contribution < -0.4 is 26.2 Å². The van der Waals surface area contributed by atoms with Crippen molar-refractivity contribution in [3.63, 3.8) is 0 Å². The molecule has 59 heavy (non-hydrogen) atoms. The lowest BCUT2D eigenvalue weighted by Gasteiger charge is -2.44. The van der Waals surface area contributed by atoms with Gasteiger partial charge >= 0.3 is 0 Å². The van der Waals surface area contributed by atoms with Crippen LogP contribution in [0.5, 0.6) is 0 Å². The summed E-state index contributed by atoms with van der Waals surface area (Å²) in [6.45, 7) is 0.0773. The minimum absolute atomic E-state index is 0.0773. The molecule has 2 aromatic heterocycles. The van der Waals surface area contributed by atoms with Crippen LogP contribution in [0, 0.1) is 0 Å². The molecular formula is C54H34BN3O. The molecule has 1 N–H and O–H groups in total. The molecule has 5 heteroatoms. The van der Waals surface area contributed by atoms with E-state index < -0.39 is 0 Å². The summed E-state index contributed by atoms with van der Waals surface area (Å²) in [4.78, 5) is 8.54. The van der Waals surface area contributed by atoms with Crippen molar-refractivity contribution in [2.45, 2.75) is 0 Å². The van der Waals surface area contributed by atoms with E-state index in [9.17, 15) is 0 Å². The first kappa shape index (κ1) is 32.3. The Morgan fingerprint density at radius 1 is 0.356 bits per heavy atom. The number of fused-ring (bicyclic) bond motifs is 10. The third-order valence-corrected chi connectivity index (χ3v) is 12.6. The summed E-state index contributed by atoms with van der Waals surface area (Å²) in [5.74, 6) is 0. The second-order valence-corrected chi connectivity index (χ2v) is 15.8. The number of rotatable bonds is 4. The highest BCUT2D eigenvalue weighted by molar-refractivity contribution is 7.00. The van der Waals surface area contributed by atoms with Crippen LogP contribution in [-0.2, 0) is 0 Å². The average molecular weight is 752 g/mol. The summed E-state index contributed by atoms with van der Waals surface area (Å²) in [5, 5.41) is 4.76. The van der Waals surface area contributed by atoms with E-state index in [0.717, 1.165) is 55.5 Å². The number of benzene rings is 9. The minimum Gasteiger partial charge on any atom is -0.456 e. The molecule has 0 fully saturated rings. The van der Waals surface area contributed by atoms with Crippen LogP contribution in [0.15, 0.2) is 205 Å². The van der Waals surface area contributed by atoms with Crippen LogP contribution in [0.3, 0.4) is 0 Å². The van der Waals surface area contributed by atoms with Gasteiger partial charge in [-0.15, -0.1) is 0 Å². The zero-order valence-corrected chi connectivity index (χ0v) is 31.9. The Balaban J connectivity index is 0.970. The lowest BCUT2D eigenvalue weighted by molar-refractivity contribution is 0.669. The molecule has 0 saturated carbocycles. The Morgan fingerprint density at radius 2 is 0.864 bits per heavy atom. The number of nitrogens with zero attached hydrogens (tertiary/aromatic N) is 2. The number of aromatic nitrogens is 1. The molecule has 0 aliphatic carbocycles. The van der Waals surface area contributed by atoms with Gasteiger partial charge in [-0.1, -0.05) is 115 Å². The minimum atomic E-state index is 0.0773. The highest BCUT2D eigenvalue weighted by atomic mass is 16.3. The third kappa shape index (κ3) is 4.79. The van der Waals surface area contributed by atoms with Gasteiger partial charge in [0.1, 0.15) is 11.2 Å². The van der Waals surface area contributed by atoms with Crippen molar-refractivity contribution in [2.75, 3.05) is 9.80 Å². The van der Waals surface area contributed by atoms with Gasteiger partial charge in [-0.2, -0.15) is 0 Å². The zero-order valence-electron chi connectivity index (χ0n) is 31.9. The normalized spacial score (nSPS) is 13.0. The summed E-state index contributed by atoms with van der Waals surface area (Å²) >= 11 is 0. The van der Waals surface area contributed by atoms with Crippen LogP contribution in [-0.4, -0.2) is 11.7 Å². The molecule has 13 rings (SSSR count). The summed E-state index contributed by atoms with van der Waals surface area (Å²) in [6, 6.07) is 73.0. The quantitative estimate of drug-likeness (QED) is 0.182. The molecule has 0 atom stereocenters. The van der Waals surface area contributed by atoms with Crippen LogP contribution in [0.4, 0.5) is 34.1 Å². The van der Waals surface area contributed by atoms with Crippen molar-refractivity contribution in [3.8, 4) is 22.3 Å². The van der Waals surface area contributed by atoms with Gasteiger partial charge < -0.3 is 19.2 Å². The molecule has 0 spiro atoms. The van der Waals surface area contributed by atoms with Gasteiger partial charge in [0.2, 0.25) is 0 Å². The maximum absolute atomic E-state index is 6.19. The van der Waals surface area contributed by atoms with Gasteiger partial charge in [0.25, 0.3) is 6.71 Å². The molecule has 0 saturated heterocycles. The SMILES string of the molecule is c1cc(-c2ccc3[nH]c4ccccc4c3c2)cc(N2c3ccccc3B3c4ccccc4N(c4cccc(-c5ccc6oc7ccccc7c6c5)c4)c4cccc2c43)c1. The number of nitrogens with one attached hydrogen (secondary N) is 1. The summed E-state index contributed by atoms with van der Waals surface area (Å²) in [6.07, 6.45) is 0. The Bertz CT molecular complexity index is 3280. The largest absolute Gasteiger partial charge is 0.456 e. The number of hydrogen-bond donors (Lipinski definition) is 1. The highest BCUT2D eigenvalue weighted by Gasteiger charge is 2.42. The molecule has 2 aliphatic rings. The van der Waals surface area contributed by atoms with Crippen molar-refractivity contribution in [2.24, 2.45) is 0 Å². The molecule has 0 radical (unpaired) electrons. The van der Waals surface area contributed by atoms with Gasteiger partial charge in [-0.05, 0) is 124 Å². The van der Waals surface area contributed by atoms with Crippen LogP contribution in [0.1, 0.15) is 0 Å². The first-order chi connectivity index (χ1) is 29.2. The lowest BCUT2D eigenvalue weighted by Crippen LogP contribution is -2.61. The van der Waals surface area contributed by atoms with Crippen LogP contribution >= 0.6 is 0 Å². The molecule has 11 aromatic rings. The summed E-state index contributed by atoms with van der Waals surface area (Å²) < 4.78 is 6.19. The monoisotopic (exact) mass is 751 g/mol. The standard InChI is InChI=1S/C54H34BN3O/c1-5-20-46-40(16-1)42-32-36(26-28-47(42)56-46)34-12-9-14-38(30-34)57-48-21-6-3-18-44(48)55-45-19-4-7-22-49(45)58(51-24-11-23-50(57)54(51)55)39-15-10-13-35(31-39)37-27-29-53-43(33-37)41-17-2-8-25-52(41)59-53/h1-33,56H. The number of H-pyrrole nitrogens is 1. The van der Waals surface area contributed by atoms with E-state index in [4.69, 9.17) is 4.42 Å². The fraction of sp³-hybridized carbons (Fsp3) is 0. The molecule has 0 amide bonds. The van der Waals surface area contributed by atoms with Gasteiger partial charge in [-0.25, -0.2) is 0 Å². The van der Waals surface area contributed by atoms with E-state index in [1.807, 2.05) is 12.1 Å².